The number of aliphatic hydroxyl groups excluding tert-OH is 1. The number of aliphatic hydroxyl groups is 1. The van der Waals surface area contributed by atoms with E-state index in [0.29, 0.717) is 11.3 Å². The highest BCUT2D eigenvalue weighted by Crippen LogP contribution is 2.29. The third-order valence-electron chi connectivity index (χ3n) is 2.99. The van der Waals surface area contributed by atoms with Gasteiger partial charge in [0.15, 0.2) is 0 Å². The number of alkyl halides is 3. The highest BCUT2D eigenvalue weighted by atomic mass is 19.4. The molecule has 0 spiro atoms. The molecule has 106 valence electrons. The lowest BCUT2D eigenvalue weighted by atomic mass is 10.0. The number of aromatic nitrogens is 1. The summed E-state index contributed by atoms with van der Waals surface area (Å²) in [6, 6.07) is 8.37. The number of nitrogens with zero attached hydrogens (tertiary/aromatic N) is 1. The van der Waals surface area contributed by atoms with Gasteiger partial charge in [-0.15, -0.1) is 0 Å². The summed E-state index contributed by atoms with van der Waals surface area (Å²) in [6.07, 6.45) is -3.34. The predicted octanol–water partition coefficient (Wildman–Crippen LogP) is 3.68. The second-order valence-corrected chi connectivity index (χ2v) is 4.67. The van der Waals surface area contributed by atoms with Crippen molar-refractivity contribution in [1.82, 2.24) is 4.98 Å². The van der Waals surface area contributed by atoms with Crippen LogP contribution in [0.5, 0.6) is 0 Å². The third-order valence-corrected chi connectivity index (χ3v) is 2.99. The molecule has 0 aliphatic heterocycles. The third kappa shape index (κ3) is 3.57. The van der Waals surface area contributed by atoms with Crippen LogP contribution < -0.4 is 0 Å². The standard InChI is InChI=1S/C15H14F3NO/c1-10-6-7-19-13(8-10)14(20)9-11-2-4-12(5-3-11)15(16,17)18/h2-8,14,20H,9H2,1H3. The Labute approximate surface area is 114 Å². The molecular formula is C15H14F3NO. The lowest BCUT2D eigenvalue weighted by molar-refractivity contribution is -0.137. The molecule has 0 bridgehead atoms. The molecule has 20 heavy (non-hydrogen) atoms. The molecule has 0 saturated carbocycles. The van der Waals surface area contributed by atoms with Gasteiger partial charge in [0.2, 0.25) is 0 Å². The van der Waals surface area contributed by atoms with Crippen molar-refractivity contribution < 1.29 is 18.3 Å². The average Bonchev–Trinajstić information content (AvgIpc) is 2.38. The summed E-state index contributed by atoms with van der Waals surface area (Å²) in [7, 11) is 0. The van der Waals surface area contributed by atoms with E-state index in [-0.39, 0.29) is 6.42 Å². The molecule has 2 aromatic rings. The Bertz CT molecular complexity index is 578. The quantitative estimate of drug-likeness (QED) is 0.930. The summed E-state index contributed by atoms with van der Waals surface area (Å²) >= 11 is 0. The van der Waals surface area contributed by atoms with Crippen LogP contribution in [0.2, 0.25) is 0 Å². The van der Waals surface area contributed by atoms with Gasteiger partial charge in [-0.3, -0.25) is 4.98 Å². The fourth-order valence-electron chi connectivity index (χ4n) is 1.90. The number of hydrogen-bond acceptors (Lipinski definition) is 2. The number of hydrogen-bond donors (Lipinski definition) is 1. The van der Waals surface area contributed by atoms with Crippen LogP contribution in [0, 0.1) is 6.92 Å². The zero-order valence-corrected chi connectivity index (χ0v) is 10.9. The van der Waals surface area contributed by atoms with E-state index in [4.69, 9.17) is 0 Å². The van der Waals surface area contributed by atoms with Gasteiger partial charge in [0.1, 0.15) is 0 Å². The van der Waals surface area contributed by atoms with Crippen molar-refractivity contribution >= 4 is 0 Å². The SMILES string of the molecule is Cc1ccnc(C(O)Cc2ccc(C(F)(F)F)cc2)c1. The maximum Gasteiger partial charge on any atom is 0.416 e. The average molecular weight is 281 g/mol. The summed E-state index contributed by atoms with van der Waals surface area (Å²) in [5, 5.41) is 10.0. The topological polar surface area (TPSA) is 33.1 Å². The van der Waals surface area contributed by atoms with Crippen LogP contribution in [0.1, 0.15) is 28.5 Å². The van der Waals surface area contributed by atoms with Crippen LogP contribution in [-0.2, 0) is 12.6 Å². The zero-order valence-electron chi connectivity index (χ0n) is 10.9. The van der Waals surface area contributed by atoms with Gasteiger partial charge in [0.25, 0.3) is 0 Å². The van der Waals surface area contributed by atoms with Crippen molar-refractivity contribution in [3.05, 3.63) is 65.0 Å². The van der Waals surface area contributed by atoms with Crippen LogP contribution in [0.25, 0.3) is 0 Å². The minimum atomic E-state index is -4.34. The Morgan fingerprint density at radius 2 is 1.80 bits per heavy atom. The van der Waals surface area contributed by atoms with Crippen molar-refractivity contribution in [3.8, 4) is 0 Å². The van der Waals surface area contributed by atoms with Crippen molar-refractivity contribution in [2.75, 3.05) is 0 Å². The summed E-state index contributed by atoms with van der Waals surface area (Å²) in [5.41, 5.74) is 1.43. The fraction of sp³-hybridized carbons (Fsp3) is 0.267. The molecule has 0 aliphatic rings. The van der Waals surface area contributed by atoms with E-state index in [1.807, 2.05) is 13.0 Å². The molecule has 0 aliphatic carbocycles. The summed E-state index contributed by atoms with van der Waals surface area (Å²) in [5.74, 6) is 0. The first-order chi connectivity index (χ1) is 9.36. The van der Waals surface area contributed by atoms with Gasteiger partial charge >= 0.3 is 6.18 Å². The first-order valence-electron chi connectivity index (χ1n) is 6.13. The zero-order chi connectivity index (χ0) is 14.8. The van der Waals surface area contributed by atoms with Crippen LogP contribution in [-0.4, -0.2) is 10.1 Å². The van der Waals surface area contributed by atoms with E-state index >= 15 is 0 Å². The van der Waals surface area contributed by atoms with Crippen LogP contribution in [0.15, 0.2) is 42.6 Å². The van der Waals surface area contributed by atoms with E-state index in [1.54, 1.807) is 12.3 Å². The highest BCUT2D eigenvalue weighted by molar-refractivity contribution is 5.26. The Hall–Kier alpha value is -1.88. The van der Waals surface area contributed by atoms with E-state index < -0.39 is 17.8 Å². The number of halogens is 3. The van der Waals surface area contributed by atoms with Gasteiger partial charge < -0.3 is 5.11 Å². The van der Waals surface area contributed by atoms with Gasteiger partial charge in [-0.05, 0) is 42.3 Å². The molecular weight excluding hydrogens is 267 g/mol. The minimum Gasteiger partial charge on any atom is -0.386 e. The molecule has 0 saturated heterocycles. The fourth-order valence-corrected chi connectivity index (χ4v) is 1.90. The second-order valence-electron chi connectivity index (χ2n) is 4.67. The van der Waals surface area contributed by atoms with Crippen LogP contribution in [0.4, 0.5) is 13.2 Å². The molecule has 1 aromatic heterocycles. The molecule has 0 fully saturated rings. The first kappa shape index (κ1) is 14.5. The number of aryl methyl sites for hydroxylation is 1. The second kappa shape index (κ2) is 5.63. The van der Waals surface area contributed by atoms with E-state index in [9.17, 15) is 18.3 Å². The lowest BCUT2D eigenvalue weighted by Gasteiger charge is -2.12. The monoisotopic (exact) mass is 281 g/mol. The van der Waals surface area contributed by atoms with E-state index in [2.05, 4.69) is 4.98 Å². The molecule has 2 rings (SSSR count). The molecule has 2 nitrogen and oxygen atoms in total. The summed E-state index contributed by atoms with van der Waals surface area (Å²) in [6.45, 7) is 1.88. The molecule has 1 N–H and O–H groups in total. The predicted molar refractivity (Wildman–Crippen MR) is 69.1 cm³/mol. The van der Waals surface area contributed by atoms with Crippen LogP contribution >= 0.6 is 0 Å². The lowest BCUT2D eigenvalue weighted by Crippen LogP contribution is -2.07. The molecule has 1 heterocycles. The van der Waals surface area contributed by atoms with Gasteiger partial charge in [-0.2, -0.15) is 13.2 Å². The van der Waals surface area contributed by atoms with E-state index in [0.717, 1.165) is 17.7 Å². The van der Waals surface area contributed by atoms with E-state index in [1.165, 1.54) is 12.1 Å². The van der Waals surface area contributed by atoms with Crippen molar-refractivity contribution in [3.63, 3.8) is 0 Å². The van der Waals surface area contributed by atoms with Crippen molar-refractivity contribution in [2.24, 2.45) is 0 Å². The number of benzene rings is 1. The minimum absolute atomic E-state index is 0.231. The summed E-state index contributed by atoms with van der Waals surface area (Å²) in [4.78, 5) is 4.06. The number of rotatable bonds is 3. The Morgan fingerprint density at radius 1 is 1.15 bits per heavy atom. The van der Waals surface area contributed by atoms with Gasteiger partial charge in [0.05, 0.1) is 17.4 Å². The molecule has 0 radical (unpaired) electrons. The Morgan fingerprint density at radius 3 is 2.35 bits per heavy atom. The van der Waals surface area contributed by atoms with Gasteiger partial charge in [-0.25, -0.2) is 0 Å². The van der Waals surface area contributed by atoms with Gasteiger partial charge in [0, 0.05) is 12.6 Å². The smallest absolute Gasteiger partial charge is 0.386 e. The van der Waals surface area contributed by atoms with Crippen molar-refractivity contribution in [2.45, 2.75) is 25.6 Å². The number of pyridine rings is 1. The van der Waals surface area contributed by atoms with Gasteiger partial charge in [-0.1, -0.05) is 12.1 Å². The normalized spacial score (nSPS) is 13.2. The molecule has 1 atom stereocenters. The first-order valence-corrected chi connectivity index (χ1v) is 6.13. The highest BCUT2D eigenvalue weighted by Gasteiger charge is 2.29. The summed E-state index contributed by atoms with van der Waals surface area (Å²) < 4.78 is 37.3. The molecule has 1 unspecified atom stereocenters. The maximum absolute atomic E-state index is 12.4. The Balaban J connectivity index is 2.10. The largest absolute Gasteiger partial charge is 0.416 e. The molecule has 5 heteroatoms. The van der Waals surface area contributed by atoms with Crippen LogP contribution in [0.3, 0.4) is 0 Å². The maximum atomic E-state index is 12.4. The Kier molecular flexibility index (Phi) is 4.09. The van der Waals surface area contributed by atoms with Crippen molar-refractivity contribution in [1.29, 1.82) is 0 Å². The molecule has 0 amide bonds. The molecule has 1 aromatic carbocycles.